The summed E-state index contributed by atoms with van der Waals surface area (Å²) in [7, 11) is 6.75. The molecule has 1 aromatic rings. The number of carboxylic acids is 2. The Labute approximate surface area is 221 Å². The highest BCUT2D eigenvalue weighted by molar-refractivity contribution is 6.27. The second-order valence-electron chi connectivity index (χ2n) is 9.92. The number of hydrogen-bond donors (Lipinski definition) is 7. The van der Waals surface area contributed by atoms with Gasteiger partial charge in [-0.1, -0.05) is 0 Å². The molecule has 14 heteroatoms. The number of carbonyl (C=O) groups excluding carboxylic acids is 3. The van der Waals surface area contributed by atoms with Gasteiger partial charge in [0, 0.05) is 31.3 Å². The predicted octanol–water partition coefficient (Wildman–Crippen LogP) is -0.814. The first-order chi connectivity index (χ1) is 18.0. The van der Waals surface area contributed by atoms with E-state index in [2.05, 4.69) is 0 Å². The van der Waals surface area contributed by atoms with Crippen molar-refractivity contribution in [2.24, 2.45) is 17.6 Å². The van der Waals surface area contributed by atoms with E-state index in [4.69, 9.17) is 25.5 Å². The van der Waals surface area contributed by atoms with Crippen LogP contribution in [0, 0.1) is 11.8 Å². The summed E-state index contributed by atoms with van der Waals surface area (Å²) in [5.41, 5.74) is 3.15. The third-order valence-corrected chi connectivity index (χ3v) is 7.24. The Hall–Kier alpha value is -4.43. The van der Waals surface area contributed by atoms with Crippen LogP contribution in [0.4, 0.5) is 5.69 Å². The number of rotatable bonds is 3. The monoisotopic (exact) mass is 547 g/mol. The second kappa shape index (κ2) is 10.0. The molecule has 1 saturated carbocycles. The minimum Gasteiger partial charge on any atom is -0.508 e. The number of carbonyl (C=O) groups is 5. The van der Waals surface area contributed by atoms with Gasteiger partial charge in [-0.3, -0.25) is 19.3 Å². The number of anilines is 1. The number of aromatic hydroxyl groups is 1. The number of carboxylic acid groups (broad SMARTS) is 2. The number of likely N-dealkylation sites (N-methyl/N-ethyl adjacent to an activating group) is 1. The molecule has 1 aromatic carbocycles. The fourth-order valence-corrected chi connectivity index (χ4v) is 5.65. The Morgan fingerprint density at radius 2 is 1.56 bits per heavy atom. The smallest absolute Gasteiger partial charge is 0.414 e. The van der Waals surface area contributed by atoms with Crippen LogP contribution in [-0.4, -0.2) is 105 Å². The number of ketones is 2. The number of aliphatic hydroxyl groups excluding tert-OH is 2. The van der Waals surface area contributed by atoms with Gasteiger partial charge < -0.3 is 41.3 Å². The van der Waals surface area contributed by atoms with Crippen molar-refractivity contribution in [1.82, 2.24) is 4.90 Å². The summed E-state index contributed by atoms with van der Waals surface area (Å²) >= 11 is 0. The molecule has 0 unspecified atom stereocenters. The Balaban J connectivity index is 0.000000631. The van der Waals surface area contributed by atoms with Crippen molar-refractivity contribution in [3.05, 3.63) is 40.2 Å². The molecule has 39 heavy (non-hydrogen) atoms. The van der Waals surface area contributed by atoms with Crippen LogP contribution in [0.1, 0.15) is 17.5 Å². The first-order valence-corrected chi connectivity index (χ1v) is 11.6. The fourth-order valence-electron chi connectivity index (χ4n) is 5.65. The molecular formula is C25H29N3O11. The fraction of sp³-hybridized carbons (Fsp3) is 0.400. The maximum atomic E-state index is 13.7. The van der Waals surface area contributed by atoms with Crippen molar-refractivity contribution < 1.29 is 54.6 Å². The number of aliphatic hydroxyl groups is 3. The van der Waals surface area contributed by atoms with Gasteiger partial charge in [-0.25, -0.2) is 9.59 Å². The quantitative estimate of drug-likeness (QED) is 0.181. The molecule has 0 aliphatic heterocycles. The van der Waals surface area contributed by atoms with E-state index >= 15 is 0 Å². The number of amides is 1. The number of hydrogen-bond acceptors (Lipinski definition) is 11. The molecule has 0 saturated heterocycles. The van der Waals surface area contributed by atoms with E-state index in [1.807, 2.05) is 19.0 Å². The van der Waals surface area contributed by atoms with E-state index in [-0.39, 0.29) is 29.7 Å². The molecule has 8 N–H and O–H groups in total. The van der Waals surface area contributed by atoms with Crippen LogP contribution >= 0.6 is 0 Å². The van der Waals surface area contributed by atoms with Crippen molar-refractivity contribution in [3.8, 4) is 5.75 Å². The predicted molar refractivity (Wildman–Crippen MR) is 134 cm³/mol. The summed E-state index contributed by atoms with van der Waals surface area (Å²) in [6, 6.07) is 2.01. The Kier molecular flexibility index (Phi) is 7.50. The zero-order valence-corrected chi connectivity index (χ0v) is 21.5. The van der Waals surface area contributed by atoms with Gasteiger partial charge in [0.25, 0.3) is 5.91 Å². The van der Waals surface area contributed by atoms with Crippen LogP contribution in [0.5, 0.6) is 5.75 Å². The van der Waals surface area contributed by atoms with Gasteiger partial charge in [0.05, 0.1) is 11.6 Å². The van der Waals surface area contributed by atoms with Gasteiger partial charge in [-0.2, -0.15) is 0 Å². The van der Waals surface area contributed by atoms with Crippen LogP contribution in [0.3, 0.4) is 0 Å². The minimum absolute atomic E-state index is 0.0638. The van der Waals surface area contributed by atoms with Crippen LogP contribution in [0.15, 0.2) is 29.0 Å². The van der Waals surface area contributed by atoms with E-state index < -0.39 is 70.0 Å². The van der Waals surface area contributed by atoms with E-state index in [1.54, 1.807) is 20.2 Å². The molecule has 0 aromatic heterocycles. The number of fused-ring (bicyclic) bond motifs is 3. The first-order valence-electron chi connectivity index (χ1n) is 11.6. The number of Topliss-reactive ketones (excluding diaryl/α,β-unsaturated/α-hetero) is 2. The third kappa shape index (κ3) is 4.46. The first kappa shape index (κ1) is 29.1. The molecule has 0 heterocycles. The van der Waals surface area contributed by atoms with Crippen molar-refractivity contribution in [1.29, 1.82) is 0 Å². The normalized spacial score (nSPS) is 25.7. The maximum Gasteiger partial charge on any atom is 0.414 e. The summed E-state index contributed by atoms with van der Waals surface area (Å²) in [5.74, 6) is -10.2. The number of aliphatic carboxylic acids is 2. The lowest BCUT2D eigenvalue weighted by molar-refractivity contribution is -0.159. The highest BCUT2D eigenvalue weighted by atomic mass is 16.4. The summed E-state index contributed by atoms with van der Waals surface area (Å²) in [6.07, 6.45) is 0.324. The highest BCUT2D eigenvalue weighted by Gasteiger charge is 2.64. The average Bonchev–Trinajstić information content (AvgIpc) is 2.81. The Morgan fingerprint density at radius 1 is 1.00 bits per heavy atom. The van der Waals surface area contributed by atoms with Crippen LogP contribution < -0.4 is 10.6 Å². The highest BCUT2D eigenvalue weighted by Crippen LogP contribution is 2.53. The van der Waals surface area contributed by atoms with Gasteiger partial charge >= 0.3 is 11.9 Å². The molecule has 1 amide bonds. The molecular weight excluding hydrogens is 518 g/mol. The van der Waals surface area contributed by atoms with Gasteiger partial charge in [-0.15, -0.1) is 0 Å². The topological polar surface area (TPSA) is 239 Å². The summed E-state index contributed by atoms with van der Waals surface area (Å²) in [6.45, 7) is 0. The van der Waals surface area contributed by atoms with Crippen LogP contribution in [-0.2, 0) is 30.4 Å². The van der Waals surface area contributed by atoms with Crippen molar-refractivity contribution >= 4 is 40.9 Å². The molecule has 4 rings (SSSR count). The largest absolute Gasteiger partial charge is 0.508 e. The lowest BCUT2D eigenvalue weighted by Gasteiger charge is -2.50. The third-order valence-electron chi connectivity index (χ3n) is 7.24. The lowest BCUT2D eigenvalue weighted by Crippen LogP contribution is -2.65. The SMILES string of the molecule is CN(C)c1ccc(O)c2c1C[C@H]1C[C@@H]3[C@H](N(C)C)C(=O)C(C(N)=O)=C(O)[C@@]3(O)C(=O)C1=C2O.O=C(O)C(=O)O. The maximum absolute atomic E-state index is 13.7. The van der Waals surface area contributed by atoms with Crippen LogP contribution in [0.25, 0.3) is 5.76 Å². The summed E-state index contributed by atoms with van der Waals surface area (Å²) in [5, 5.41) is 58.7. The number of phenolic OH excluding ortho intramolecular Hbond substituents is 1. The van der Waals surface area contributed by atoms with Gasteiger partial charge in [0.2, 0.25) is 5.78 Å². The van der Waals surface area contributed by atoms with Gasteiger partial charge in [0.15, 0.2) is 11.4 Å². The van der Waals surface area contributed by atoms with Crippen molar-refractivity contribution in [2.75, 3.05) is 33.1 Å². The molecule has 0 spiro atoms. The van der Waals surface area contributed by atoms with Crippen molar-refractivity contribution in [3.63, 3.8) is 0 Å². The average molecular weight is 548 g/mol. The molecule has 210 valence electrons. The van der Waals surface area contributed by atoms with Crippen LogP contribution in [0.2, 0.25) is 0 Å². The molecule has 0 bridgehead atoms. The Bertz CT molecular complexity index is 1350. The summed E-state index contributed by atoms with van der Waals surface area (Å²) in [4.78, 5) is 60.2. The van der Waals surface area contributed by atoms with E-state index in [9.17, 15) is 34.8 Å². The zero-order chi connectivity index (χ0) is 29.7. The molecule has 14 nitrogen and oxygen atoms in total. The molecule has 3 aliphatic carbocycles. The lowest BCUT2D eigenvalue weighted by atomic mass is 9.57. The number of phenols is 1. The summed E-state index contributed by atoms with van der Waals surface area (Å²) < 4.78 is 0. The molecule has 3 aliphatic rings. The number of nitrogens with two attached hydrogens (primary N) is 1. The van der Waals surface area contributed by atoms with E-state index in [0.29, 0.717) is 5.56 Å². The van der Waals surface area contributed by atoms with E-state index in [0.717, 1.165) is 5.69 Å². The Morgan fingerprint density at radius 3 is 2.03 bits per heavy atom. The zero-order valence-electron chi connectivity index (χ0n) is 21.5. The van der Waals surface area contributed by atoms with Gasteiger partial charge in [-0.05, 0) is 50.6 Å². The van der Waals surface area contributed by atoms with Gasteiger partial charge in [0.1, 0.15) is 22.8 Å². The molecule has 1 fully saturated rings. The molecule has 0 radical (unpaired) electrons. The second-order valence-corrected chi connectivity index (χ2v) is 9.92. The number of nitrogens with zero attached hydrogens (tertiary/aromatic N) is 2. The molecule has 4 atom stereocenters. The van der Waals surface area contributed by atoms with E-state index in [1.165, 1.54) is 11.0 Å². The standard InChI is InChI=1S/C23H27N3O7.C2H2O4/c1-25(2)12-5-6-13(27)15-10(12)7-9-8-11-17(26(3)4)19(29)16(22(24)32)21(31)23(11,33)20(30)14(9)18(15)28;3-1(4)2(5)6/h5-6,9,11,17,27-28,31,33H,7-8H2,1-4H3,(H2,24,32);(H,3,4)(H,5,6)/t9-,11+,17-,23-;/m0./s1. The number of primary amides is 1. The minimum atomic E-state index is -2.63. The number of benzene rings is 1. The van der Waals surface area contributed by atoms with Crippen molar-refractivity contribution in [2.45, 2.75) is 24.5 Å².